The molecule has 0 spiro atoms. The Morgan fingerprint density at radius 3 is 0.589 bits per heavy atom. The maximum atomic E-state index is 12.6. The average Bonchev–Trinajstić information content (AvgIpc) is 1.39. The molecular weight excluding hydrogens is 1570 g/mol. The van der Waals surface area contributed by atoms with Crippen LogP contribution < -0.4 is 0 Å². The summed E-state index contributed by atoms with van der Waals surface area (Å²) >= 11 is 8.06. The number of hydrogen-bond acceptors (Lipinski definition) is 18. The van der Waals surface area contributed by atoms with E-state index in [1.807, 2.05) is 4.74 Å². The number of carbonyl (C=O) groups excluding carboxylic acids is 12. The highest BCUT2D eigenvalue weighted by atomic mass is 35.5. The molecular formula is C31Cl2F44O18. The summed E-state index contributed by atoms with van der Waals surface area (Å²) in [4.78, 5) is 120. The van der Waals surface area contributed by atoms with E-state index in [1.165, 1.54) is 0 Å². The number of halogens is 46. The Morgan fingerprint density at radius 2 is 0.432 bits per heavy atom. The van der Waals surface area contributed by atoms with Crippen molar-refractivity contribution in [3.63, 3.8) is 0 Å². The van der Waals surface area contributed by atoms with Crippen LogP contribution in [0.25, 0.3) is 0 Å². The molecule has 0 aromatic carbocycles. The Balaban J connectivity index is -0.000000535. The van der Waals surface area contributed by atoms with Gasteiger partial charge in [-0.3, -0.25) is 0 Å². The second-order valence-electron chi connectivity index (χ2n) is 14.4. The molecule has 0 unspecified atom stereocenters. The van der Waals surface area contributed by atoms with Crippen LogP contribution in [0.3, 0.4) is 0 Å². The second kappa shape index (κ2) is 28.6. The van der Waals surface area contributed by atoms with Crippen molar-refractivity contribution in [1.29, 1.82) is 0 Å². The zero-order chi connectivity index (χ0) is 78.7. The minimum absolute atomic E-state index is 2.01. The van der Waals surface area contributed by atoms with Crippen molar-refractivity contribution in [3.8, 4) is 0 Å². The molecule has 0 saturated carbocycles. The Kier molecular flexibility index (Phi) is 28.2. The molecule has 0 N–H and O–H groups in total. The highest BCUT2D eigenvalue weighted by Crippen LogP contribution is 2.52. The molecule has 2 saturated heterocycles. The van der Waals surface area contributed by atoms with Gasteiger partial charge in [0, 0.05) is 0 Å². The maximum absolute atomic E-state index is 12.6. The summed E-state index contributed by atoms with van der Waals surface area (Å²) < 4.78 is 538. The summed E-state index contributed by atoms with van der Waals surface area (Å²) in [7, 11) is 0. The second-order valence-corrected chi connectivity index (χ2v) is 15.3. The molecule has 0 amide bonds. The van der Waals surface area contributed by atoms with Crippen molar-refractivity contribution in [1.82, 2.24) is 0 Å². The van der Waals surface area contributed by atoms with Gasteiger partial charge in [0.1, 0.15) is 0 Å². The van der Waals surface area contributed by atoms with Gasteiger partial charge in [0.15, 0.2) is 0 Å². The summed E-state index contributed by atoms with van der Waals surface area (Å²) in [5.74, 6) is -109. The van der Waals surface area contributed by atoms with Crippen LogP contribution in [0.5, 0.6) is 0 Å². The van der Waals surface area contributed by atoms with E-state index >= 15 is 0 Å². The van der Waals surface area contributed by atoms with Crippen LogP contribution in [0, 0.1) is 0 Å². The smallest absolute Gasteiger partial charge is 0.384 e. The fourth-order valence-corrected chi connectivity index (χ4v) is 2.88. The van der Waals surface area contributed by atoms with Crippen LogP contribution in [0.1, 0.15) is 0 Å². The van der Waals surface area contributed by atoms with Gasteiger partial charge in [-0.25, -0.2) is 57.5 Å². The fraction of sp³-hybridized carbons (Fsp3) is 0.613. The summed E-state index contributed by atoms with van der Waals surface area (Å²) in [6.07, 6.45) is -38.9. The minimum atomic E-state index is -7.33. The predicted molar refractivity (Wildman–Crippen MR) is 179 cm³/mol. The lowest BCUT2D eigenvalue weighted by Gasteiger charge is -2.33. The summed E-state index contributed by atoms with van der Waals surface area (Å²) in [5.41, 5.74) is 0. The van der Waals surface area contributed by atoms with Gasteiger partial charge in [-0.2, -0.15) is 193 Å². The molecule has 0 atom stereocenters. The Bertz CT molecular complexity index is 2660. The van der Waals surface area contributed by atoms with Crippen molar-refractivity contribution in [2.75, 3.05) is 0 Å². The molecule has 64 heteroatoms. The lowest BCUT2D eigenvalue weighted by molar-refractivity contribution is -0.354. The van der Waals surface area contributed by atoms with Crippen molar-refractivity contribution < 1.29 is 279 Å². The Hall–Kier alpha value is -7.66. The third-order valence-corrected chi connectivity index (χ3v) is 7.79. The van der Waals surface area contributed by atoms with E-state index in [0.717, 1.165) is 0 Å². The van der Waals surface area contributed by atoms with Crippen LogP contribution in [0.2, 0.25) is 0 Å². The fourth-order valence-electron chi connectivity index (χ4n) is 2.80. The van der Waals surface area contributed by atoms with Crippen molar-refractivity contribution in [3.05, 3.63) is 0 Å². The first-order valence-corrected chi connectivity index (χ1v) is 19.6. The molecule has 0 bridgehead atoms. The molecule has 554 valence electrons. The monoisotopic (exact) mass is 1570 g/mol. The largest absolute Gasteiger partial charge is 0.491 e. The highest BCUT2D eigenvalue weighted by Gasteiger charge is 2.84. The number of ether oxygens (including phenoxy) is 6. The molecule has 2 fully saturated rings. The summed E-state index contributed by atoms with van der Waals surface area (Å²) in [6, 6.07) is 0. The summed E-state index contributed by atoms with van der Waals surface area (Å²) in [6.45, 7) is 0. The molecule has 2 heterocycles. The van der Waals surface area contributed by atoms with Gasteiger partial charge in [0.05, 0.1) is 0 Å². The average molecular weight is 1570 g/mol. The number of carbonyl (C=O) groups is 12. The van der Waals surface area contributed by atoms with E-state index in [2.05, 4.69) is 46.9 Å². The number of rotatable bonds is 8. The first-order chi connectivity index (χ1) is 40.5. The topological polar surface area (TPSA) is 260 Å². The van der Waals surface area contributed by atoms with Crippen LogP contribution in [0.15, 0.2) is 0 Å². The highest BCUT2D eigenvalue weighted by molar-refractivity contribution is 6.34. The Morgan fingerprint density at radius 1 is 0.263 bits per heavy atom. The summed E-state index contributed by atoms with van der Waals surface area (Å²) in [5, 5.41) is -9.09. The third-order valence-electron chi connectivity index (χ3n) is 7.48. The molecule has 0 aromatic rings. The molecule has 0 radical (unpaired) electrons. The van der Waals surface area contributed by atoms with Gasteiger partial charge in [-0.15, -0.1) is 0 Å². The van der Waals surface area contributed by atoms with Gasteiger partial charge in [0.2, 0.25) is 0 Å². The van der Waals surface area contributed by atoms with E-state index in [9.17, 15) is 251 Å². The van der Waals surface area contributed by atoms with E-state index in [1.54, 1.807) is 0 Å². The third kappa shape index (κ3) is 21.4. The zero-order valence-corrected chi connectivity index (χ0v) is 41.7. The molecule has 0 aromatic heterocycles. The Labute approximate surface area is 487 Å². The van der Waals surface area contributed by atoms with Crippen LogP contribution in [0.4, 0.5) is 193 Å². The normalized spacial score (nSPS) is 17.5. The molecule has 2 rings (SSSR count). The van der Waals surface area contributed by atoms with Crippen LogP contribution >= 0.6 is 23.2 Å². The van der Waals surface area contributed by atoms with E-state index in [0.29, 0.717) is 0 Å². The lowest BCUT2D eigenvalue weighted by Crippen LogP contribution is -2.66. The van der Waals surface area contributed by atoms with Crippen LogP contribution in [-0.2, 0) is 86.0 Å². The minimum Gasteiger partial charge on any atom is -0.384 e. The first kappa shape index (κ1) is 93.7. The van der Waals surface area contributed by atoms with Gasteiger partial charge in [-0.05, 0) is 23.2 Å². The molecule has 2 aliphatic heterocycles. The maximum Gasteiger partial charge on any atom is 0.491 e. The van der Waals surface area contributed by atoms with Crippen LogP contribution in [-0.4, -0.2) is 185 Å². The molecule has 18 nitrogen and oxygen atoms in total. The first-order valence-electron chi connectivity index (χ1n) is 18.8. The van der Waals surface area contributed by atoms with E-state index in [-0.39, 0.29) is 0 Å². The lowest BCUT2D eigenvalue weighted by atomic mass is 10.0. The van der Waals surface area contributed by atoms with Gasteiger partial charge in [0.25, 0.3) is 0 Å². The van der Waals surface area contributed by atoms with Gasteiger partial charge in [-0.1, -0.05) is 0 Å². The van der Waals surface area contributed by atoms with Crippen molar-refractivity contribution in [2.45, 2.75) is 113 Å². The van der Waals surface area contributed by atoms with Crippen molar-refractivity contribution in [2.24, 2.45) is 0 Å². The number of hydrogen-bond donors (Lipinski definition) is 0. The predicted octanol–water partition coefficient (Wildman–Crippen LogP) is 10.4. The van der Waals surface area contributed by atoms with Gasteiger partial charge >= 0.3 is 185 Å². The molecule has 2 aliphatic rings. The number of esters is 12. The SMILES string of the molecule is O=C(OC(=O)C(F)(F)C(F)(F)C(F)(F)F)C(F)(F)C(F)(F)C(F)(F)F.O=C(OC(=O)C(F)(F)C(F)(F)F)C(F)(F)C(F)(F)F.O=C(OC(=O)C(F)(F)Cl)C(F)(F)Cl.O=C(OC(=O)C(F)(F)F)C(F)(F)F.O=C1OC(=O)C(F)(F)C(F)(F)C1(F)F.O=C1OC(=O)C(F)(F)C1(F)F. The number of alkyl halides is 46. The zero-order valence-electron chi connectivity index (χ0n) is 40.2. The van der Waals surface area contributed by atoms with E-state index < -0.39 is 185 Å². The van der Waals surface area contributed by atoms with Crippen molar-refractivity contribution >= 4 is 94.8 Å². The quantitative estimate of drug-likeness (QED) is 0.0719. The molecule has 95 heavy (non-hydrogen) atoms. The van der Waals surface area contributed by atoms with Gasteiger partial charge < -0.3 is 28.4 Å². The number of cyclic esters (lactones) is 4. The van der Waals surface area contributed by atoms with E-state index in [4.69, 9.17) is 0 Å². The standard InChI is InChI=1S/C8F14O3.C6F10O3.C5F6O3.C4Cl2F4O3.C4F6O3.C4F4O3/c9-3(10,5(13,14)7(17,18)19)1(23)25-2(24)4(11,12)6(15,16)8(20,21)22;7-3(8,5(11,12)13)1(17)19-2(18)4(9,10)6(14,15)16;6-3(7)1(12)14-2(13)4(8,9)5(3,10)11;5-3(7,8)1(11)13-2(12)4(6,9)10;5-3(6,7)1(11)13-2(12)4(8,9)10;5-3(6)1(9)11-2(10)4(3,7)8. The molecule has 0 aliphatic carbocycles.